The van der Waals surface area contributed by atoms with E-state index in [1.807, 2.05) is 28.8 Å². The SMILES string of the molecule is O=c1c2c3c(sc2nc(SCc2ccon2)n1CCc1ccccc1)CCCC3. The van der Waals surface area contributed by atoms with Crippen LogP contribution in [0.25, 0.3) is 10.2 Å². The van der Waals surface area contributed by atoms with Crippen LogP contribution < -0.4 is 5.56 Å². The molecule has 1 aliphatic carbocycles. The summed E-state index contributed by atoms with van der Waals surface area (Å²) in [5, 5.41) is 5.60. The average Bonchev–Trinajstić information content (AvgIpc) is 3.40. The van der Waals surface area contributed by atoms with E-state index in [9.17, 15) is 4.79 Å². The Morgan fingerprint density at radius 1 is 1.14 bits per heavy atom. The maximum Gasteiger partial charge on any atom is 0.263 e. The molecule has 5 nitrogen and oxygen atoms in total. The smallest absolute Gasteiger partial charge is 0.263 e. The predicted molar refractivity (Wildman–Crippen MR) is 117 cm³/mol. The highest BCUT2D eigenvalue weighted by atomic mass is 32.2. The Kier molecular flexibility index (Phi) is 5.24. The second kappa shape index (κ2) is 8.16. The predicted octanol–water partition coefficient (Wildman–Crippen LogP) is 4.86. The zero-order valence-electron chi connectivity index (χ0n) is 16.0. The molecule has 0 unspecified atom stereocenters. The summed E-state index contributed by atoms with van der Waals surface area (Å²) in [5.41, 5.74) is 3.42. The van der Waals surface area contributed by atoms with Gasteiger partial charge in [-0.15, -0.1) is 11.3 Å². The molecule has 0 spiro atoms. The van der Waals surface area contributed by atoms with Gasteiger partial charge in [-0.3, -0.25) is 9.36 Å². The molecular formula is C22H21N3O2S2. The zero-order chi connectivity index (χ0) is 19.6. The average molecular weight is 424 g/mol. The number of aromatic nitrogens is 3. The Hall–Kier alpha value is -2.38. The fourth-order valence-electron chi connectivity index (χ4n) is 3.86. The van der Waals surface area contributed by atoms with Crippen LogP contribution in [0, 0.1) is 0 Å². The van der Waals surface area contributed by atoms with Gasteiger partial charge in [-0.25, -0.2) is 4.98 Å². The molecule has 1 aromatic carbocycles. The van der Waals surface area contributed by atoms with E-state index in [1.165, 1.54) is 22.4 Å². The molecule has 0 aliphatic heterocycles. The van der Waals surface area contributed by atoms with Gasteiger partial charge in [-0.1, -0.05) is 47.3 Å². The molecule has 29 heavy (non-hydrogen) atoms. The molecular weight excluding hydrogens is 402 g/mol. The van der Waals surface area contributed by atoms with Crippen LogP contribution in [0.5, 0.6) is 0 Å². The molecule has 4 aromatic rings. The lowest BCUT2D eigenvalue weighted by Gasteiger charge is -2.13. The van der Waals surface area contributed by atoms with Gasteiger partial charge < -0.3 is 4.52 Å². The highest BCUT2D eigenvalue weighted by molar-refractivity contribution is 7.98. The number of aryl methyl sites for hydroxylation is 3. The van der Waals surface area contributed by atoms with Crippen LogP contribution in [0.4, 0.5) is 0 Å². The Morgan fingerprint density at radius 3 is 2.83 bits per heavy atom. The second-order valence-electron chi connectivity index (χ2n) is 7.26. The van der Waals surface area contributed by atoms with E-state index in [4.69, 9.17) is 9.51 Å². The minimum Gasteiger partial charge on any atom is -0.364 e. The lowest BCUT2D eigenvalue weighted by Crippen LogP contribution is -2.24. The second-order valence-corrected chi connectivity index (χ2v) is 9.28. The van der Waals surface area contributed by atoms with Crippen molar-refractivity contribution in [1.29, 1.82) is 0 Å². The summed E-state index contributed by atoms with van der Waals surface area (Å²) < 4.78 is 6.80. The third-order valence-electron chi connectivity index (χ3n) is 5.35. The molecule has 3 heterocycles. The summed E-state index contributed by atoms with van der Waals surface area (Å²) in [7, 11) is 0. The Bertz CT molecular complexity index is 1180. The molecule has 0 radical (unpaired) electrons. The number of thiophene rings is 1. The van der Waals surface area contributed by atoms with Crippen molar-refractivity contribution in [3.63, 3.8) is 0 Å². The Labute approximate surface area is 176 Å². The first-order chi connectivity index (χ1) is 14.3. The van der Waals surface area contributed by atoms with Crippen LogP contribution in [0.1, 0.15) is 34.5 Å². The molecule has 0 fully saturated rings. The molecule has 0 saturated heterocycles. The monoisotopic (exact) mass is 423 g/mol. The van der Waals surface area contributed by atoms with E-state index in [1.54, 1.807) is 29.4 Å². The number of fused-ring (bicyclic) bond motifs is 3. The summed E-state index contributed by atoms with van der Waals surface area (Å²) in [4.78, 5) is 20.7. The number of thioether (sulfide) groups is 1. The number of nitrogens with zero attached hydrogens (tertiary/aromatic N) is 3. The van der Waals surface area contributed by atoms with Crippen molar-refractivity contribution < 1.29 is 4.52 Å². The number of hydrogen-bond acceptors (Lipinski definition) is 6. The van der Waals surface area contributed by atoms with E-state index in [0.717, 1.165) is 46.8 Å². The summed E-state index contributed by atoms with van der Waals surface area (Å²) >= 11 is 3.25. The van der Waals surface area contributed by atoms with Gasteiger partial charge in [0.05, 0.1) is 11.1 Å². The summed E-state index contributed by atoms with van der Waals surface area (Å²) in [6, 6.07) is 12.1. The van der Waals surface area contributed by atoms with Crippen LogP contribution in [-0.4, -0.2) is 14.7 Å². The van der Waals surface area contributed by atoms with Gasteiger partial charge in [0.25, 0.3) is 5.56 Å². The van der Waals surface area contributed by atoms with Gasteiger partial charge in [0.15, 0.2) is 5.16 Å². The van der Waals surface area contributed by atoms with Crippen molar-refractivity contribution in [3.8, 4) is 0 Å². The summed E-state index contributed by atoms with van der Waals surface area (Å²) in [6.07, 6.45) is 6.80. The maximum absolute atomic E-state index is 13.5. The van der Waals surface area contributed by atoms with Crippen LogP contribution >= 0.6 is 23.1 Å². The van der Waals surface area contributed by atoms with Crippen molar-refractivity contribution >= 4 is 33.3 Å². The van der Waals surface area contributed by atoms with Crippen molar-refractivity contribution in [2.45, 2.75) is 49.6 Å². The molecule has 1 aliphatic rings. The fourth-order valence-corrected chi connectivity index (χ4v) is 6.08. The van der Waals surface area contributed by atoms with Gasteiger partial charge in [0, 0.05) is 23.2 Å². The minimum atomic E-state index is 0.105. The topological polar surface area (TPSA) is 60.9 Å². The van der Waals surface area contributed by atoms with Gasteiger partial charge in [0.2, 0.25) is 0 Å². The largest absolute Gasteiger partial charge is 0.364 e. The molecule has 0 bridgehead atoms. The van der Waals surface area contributed by atoms with Gasteiger partial charge in [0.1, 0.15) is 11.1 Å². The molecule has 0 amide bonds. The van der Waals surface area contributed by atoms with E-state index in [0.29, 0.717) is 12.3 Å². The lowest BCUT2D eigenvalue weighted by atomic mass is 9.97. The number of rotatable bonds is 6. The van der Waals surface area contributed by atoms with E-state index in [-0.39, 0.29) is 5.56 Å². The molecule has 3 aromatic heterocycles. The quantitative estimate of drug-likeness (QED) is 0.327. The first-order valence-corrected chi connectivity index (χ1v) is 11.7. The van der Waals surface area contributed by atoms with Crippen molar-refractivity contribution in [3.05, 3.63) is 74.7 Å². The third-order valence-corrected chi connectivity index (χ3v) is 7.54. The summed E-state index contributed by atoms with van der Waals surface area (Å²) in [6.45, 7) is 0.623. The molecule has 0 saturated carbocycles. The highest BCUT2D eigenvalue weighted by Gasteiger charge is 2.22. The summed E-state index contributed by atoms with van der Waals surface area (Å²) in [5.74, 6) is 0.630. The zero-order valence-corrected chi connectivity index (χ0v) is 17.6. The van der Waals surface area contributed by atoms with Crippen molar-refractivity contribution in [2.24, 2.45) is 0 Å². The van der Waals surface area contributed by atoms with E-state index in [2.05, 4.69) is 17.3 Å². The van der Waals surface area contributed by atoms with Crippen molar-refractivity contribution in [2.75, 3.05) is 0 Å². The lowest BCUT2D eigenvalue weighted by molar-refractivity contribution is 0.414. The molecule has 0 N–H and O–H groups in total. The number of hydrogen-bond donors (Lipinski definition) is 0. The minimum absolute atomic E-state index is 0.105. The van der Waals surface area contributed by atoms with Crippen LogP contribution in [-0.2, 0) is 31.6 Å². The molecule has 7 heteroatoms. The van der Waals surface area contributed by atoms with Crippen LogP contribution in [0.15, 0.2) is 57.1 Å². The van der Waals surface area contributed by atoms with Crippen molar-refractivity contribution in [1.82, 2.24) is 14.7 Å². The highest BCUT2D eigenvalue weighted by Crippen LogP contribution is 2.35. The fraction of sp³-hybridized carbons (Fsp3) is 0.318. The maximum atomic E-state index is 13.5. The van der Waals surface area contributed by atoms with E-state index < -0.39 is 0 Å². The number of benzene rings is 1. The Balaban J connectivity index is 1.55. The first kappa shape index (κ1) is 18.6. The first-order valence-electron chi connectivity index (χ1n) is 9.90. The third kappa shape index (κ3) is 3.76. The van der Waals surface area contributed by atoms with Crippen LogP contribution in [0.3, 0.4) is 0 Å². The van der Waals surface area contributed by atoms with Gasteiger partial charge in [-0.05, 0) is 43.2 Å². The molecule has 148 valence electrons. The van der Waals surface area contributed by atoms with Gasteiger partial charge >= 0.3 is 0 Å². The molecule has 0 atom stereocenters. The van der Waals surface area contributed by atoms with Gasteiger partial charge in [-0.2, -0.15) is 0 Å². The normalized spacial score (nSPS) is 13.7. The standard InChI is InChI=1S/C22H21N3O2S2/c26-21-19-17-8-4-5-9-18(17)29-20(19)23-22(28-14-16-11-13-27-24-16)25(21)12-10-15-6-2-1-3-7-15/h1-3,6-7,11,13H,4-5,8-10,12,14H2. The van der Waals surface area contributed by atoms with Crippen LogP contribution in [0.2, 0.25) is 0 Å². The Morgan fingerprint density at radius 2 is 2.00 bits per heavy atom. The van der Waals surface area contributed by atoms with E-state index >= 15 is 0 Å². The molecule has 5 rings (SSSR count).